The Bertz CT molecular complexity index is 248. The van der Waals surface area contributed by atoms with Crippen LogP contribution in [0.3, 0.4) is 0 Å². The van der Waals surface area contributed by atoms with E-state index < -0.39 is 0 Å². The second kappa shape index (κ2) is 1.66. The molecule has 4 aliphatic rings. The van der Waals surface area contributed by atoms with Crippen molar-refractivity contribution in [1.29, 1.82) is 5.26 Å². The zero-order valence-corrected chi connectivity index (χ0v) is 5.81. The first-order valence-electron chi connectivity index (χ1n) is 3.82. The summed E-state index contributed by atoms with van der Waals surface area (Å²) in [5.41, 5.74) is 0. The third kappa shape index (κ3) is 0.550. The quantitative estimate of drug-likeness (QED) is 0.375. The number of nitriles is 1. The van der Waals surface area contributed by atoms with Crippen LogP contribution in [0.4, 0.5) is 0 Å². The highest BCUT2D eigenvalue weighted by atomic mass is 17.2. The van der Waals surface area contributed by atoms with E-state index in [9.17, 15) is 0 Å². The van der Waals surface area contributed by atoms with Crippen LogP contribution in [0.1, 0.15) is 0 Å². The van der Waals surface area contributed by atoms with Crippen molar-refractivity contribution in [2.45, 2.75) is 12.2 Å². The van der Waals surface area contributed by atoms with E-state index in [1.165, 1.54) is 0 Å². The van der Waals surface area contributed by atoms with Gasteiger partial charge in [-0.2, -0.15) is 5.26 Å². The number of hydrogen-bond donors (Lipinski definition) is 0. The average molecular weight is 149 g/mol. The average Bonchev–Trinajstić information content (AvgIpc) is 2.81. The molecular formula is C8H7NO2. The smallest absolute Gasteiger partial charge is 0.116 e. The molecule has 1 saturated carbocycles. The van der Waals surface area contributed by atoms with Gasteiger partial charge in [-0.3, -0.25) is 0 Å². The first kappa shape index (κ1) is 5.76. The highest BCUT2D eigenvalue weighted by molar-refractivity contribution is 5.25. The van der Waals surface area contributed by atoms with Crippen molar-refractivity contribution in [3.8, 4) is 6.07 Å². The van der Waals surface area contributed by atoms with Crippen LogP contribution in [-0.2, 0) is 9.78 Å². The minimum Gasteiger partial charge on any atom is -0.228 e. The van der Waals surface area contributed by atoms with Crippen molar-refractivity contribution in [2.75, 3.05) is 0 Å². The maximum Gasteiger partial charge on any atom is 0.116 e. The van der Waals surface area contributed by atoms with Gasteiger partial charge in [0, 0.05) is 11.8 Å². The van der Waals surface area contributed by atoms with Crippen molar-refractivity contribution in [3.63, 3.8) is 0 Å². The van der Waals surface area contributed by atoms with Gasteiger partial charge in [-0.15, -0.1) is 0 Å². The molecule has 5 atom stereocenters. The number of fused-ring (bicyclic) bond motifs is 1. The molecule has 3 heteroatoms. The molecule has 1 unspecified atom stereocenters. The van der Waals surface area contributed by atoms with Gasteiger partial charge in [0.1, 0.15) is 12.2 Å². The minimum atomic E-state index is 0.0506. The fourth-order valence-electron chi connectivity index (χ4n) is 2.17. The molecule has 0 spiro atoms. The molecule has 56 valence electrons. The molecule has 0 aromatic rings. The lowest BCUT2D eigenvalue weighted by atomic mass is 10.0. The fourth-order valence-corrected chi connectivity index (χ4v) is 2.17. The summed E-state index contributed by atoms with van der Waals surface area (Å²) < 4.78 is 0. The summed E-state index contributed by atoms with van der Waals surface area (Å²) in [7, 11) is 0. The molecule has 3 nitrogen and oxygen atoms in total. The normalized spacial score (nSPS) is 56.8. The van der Waals surface area contributed by atoms with Gasteiger partial charge >= 0.3 is 0 Å². The Hall–Kier alpha value is -0.850. The van der Waals surface area contributed by atoms with Crippen molar-refractivity contribution in [2.24, 2.45) is 17.8 Å². The first-order valence-corrected chi connectivity index (χ1v) is 3.82. The zero-order valence-electron chi connectivity index (χ0n) is 5.81. The SMILES string of the molecule is N#CC1[C@@H]2[C@H]1[C@@H]1C=C[C@H]2OO1. The largest absolute Gasteiger partial charge is 0.228 e. The van der Waals surface area contributed by atoms with Gasteiger partial charge in [-0.25, -0.2) is 9.78 Å². The van der Waals surface area contributed by atoms with Crippen LogP contribution in [0.5, 0.6) is 0 Å². The number of hydrogen-bond acceptors (Lipinski definition) is 3. The summed E-state index contributed by atoms with van der Waals surface area (Å²) in [6.07, 6.45) is 4.11. The van der Waals surface area contributed by atoms with Crippen LogP contribution in [0.25, 0.3) is 0 Å². The van der Waals surface area contributed by atoms with Crippen molar-refractivity contribution in [3.05, 3.63) is 12.2 Å². The van der Waals surface area contributed by atoms with E-state index in [-0.39, 0.29) is 18.1 Å². The molecule has 2 fully saturated rings. The van der Waals surface area contributed by atoms with Gasteiger partial charge in [0.05, 0.1) is 12.0 Å². The minimum absolute atomic E-state index is 0.0506. The van der Waals surface area contributed by atoms with Crippen molar-refractivity contribution < 1.29 is 9.78 Å². The molecule has 4 rings (SSSR count). The van der Waals surface area contributed by atoms with Crippen LogP contribution < -0.4 is 0 Å². The Morgan fingerprint density at radius 2 is 1.64 bits per heavy atom. The lowest BCUT2D eigenvalue weighted by Gasteiger charge is -2.27. The lowest BCUT2D eigenvalue weighted by molar-refractivity contribution is -0.364. The van der Waals surface area contributed by atoms with E-state index in [0.29, 0.717) is 11.8 Å². The van der Waals surface area contributed by atoms with Crippen LogP contribution in [-0.4, -0.2) is 12.2 Å². The molecular weight excluding hydrogens is 142 g/mol. The Morgan fingerprint density at radius 1 is 1.09 bits per heavy atom. The fraction of sp³-hybridized carbons (Fsp3) is 0.625. The third-order valence-corrected chi connectivity index (χ3v) is 2.81. The lowest BCUT2D eigenvalue weighted by Crippen LogP contribution is -2.32. The third-order valence-electron chi connectivity index (χ3n) is 2.81. The topological polar surface area (TPSA) is 42.2 Å². The van der Waals surface area contributed by atoms with E-state index >= 15 is 0 Å². The van der Waals surface area contributed by atoms with Crippen LogP contribution in [0.2, 0.25) is 0 Å². The predicted molar refractivity (Wildman–Crippen MR) is 35.0 cm³/mol. The molecule has 0 N–H and O–H groups in total. The van der Waals surface area contributed by atoms with Gasteiger partial charge in [-0.1, -0.05) is 12.2 Å². The highest BCUT2D eigenvalue weighted by Crippen LogP contribution is 2.57. The van der Waals surface area contributed by atoms with E-state index in [1.54, 1.807) is 0 Å². The second-order valence-electron chi connectivity index (χ2n) is 3.32. The van der Waals surface area contributed by atoms with Crippen LogP contribution in [0.15, 0.2) is 12.2 Å². The number of rotatable bonds is 0. The van der Waals surface area contributed by atoms with Gasteiger partial charge < -0.3 is 0 Å². The van der Waals surface area contributed by atoms with Crippen LogP contribution >= 0.6 is 0 Å². The van der Waals surface area contributed by atoms with Crippen molar-refractivity contribution >= 4 is 0 Å². The van der Waals surface area contributed by atoms with E-state index in [4.69, 9.17) is 15.0 Å². The molecule has 2 bridgehead atoms. The standard InChI is InChI=1S/C8H7NO2/c9-3-4-7-5-1-2-6(8(4)7)11-10-5/h1-2,4-8H/t4?,5-,6+,7+,8-. The van der Waals surface area contributed by atoms with E-state index in [0.717, 1.165) is 0 Å². The summed E-state index contributed by atoms with van der Waals surface area (Å²) in [6.45, 7) is 0. The summed E-state index contributed by atoms with van der Waals surface area (Å²) in [5.74, 6) is 1.01. The van der Waals surface area contributed by atoms with Gasteiger partial charge in [0.2, 0.25) is 0 Å². The summed E-state index contributed by atoms with van der Waals surface area (Å²) >= 11 is 0. The number of nitrogens with zero attached hydrogens (tertiary/aromatic N) is 1. The van der Waals surface area contributed by atoms with E-state index in [1.807, 2.05) is 12.2 Å². The van der Waals surface area contributed by atoms with Gasteiger partial charge in [-0.05, 0) is 0 Å². The van der Waals surface area contributed by atoms with Gasteiger partial charge in [0.25, 0.3) is 0 Å². The molecule has 2 aliphatic heterocycles. The molecule has 2 heterocycles. The molecule has 2 aliphatic carbocycles. The molecule has 0 amide bonds. The van der Waals surface area contributed by atoms with E-state index in [2.05, 4.69) is 6.07 Å². The second-order valence-corrected chi connectivity index (χ2v) is 3.32. The Morgan fingerprint density at radius 3 is 2.00 bits per heavy atom. The molecule has 0 aromatic heterocycles. The predicted octanol–water partition coefficient (Wildman–Crippen LogP) is 0.641. The monoisotopic (exact) mass is 149 g/mol. The summed E-state index contributed by atoms with van der Waals surface area (Å²) in [5, 5.41) is 8.71. The van der Waals surface area contributed by atoms with Gasteiger partial charge in [0.15, 0.2) is 0 Å². The Balaban J connectivity index is 1.97. The zero-order chi connectivity index (χ0) is 7.42. The Kier molecular flexibility index (Phi) is 0.867. The maximum absolute atomic E-state index is 8.71. The highest BCUT2D eigenvalue weighted by Gasteiger charge is 2.63. The molecule has 0 radical (unpaired) electrons. The summed E-state index contributed by atoms with van der Waals surface area (Å²) in [6, 6.07) is 2.28. The summed E-state index contributed by atoms with van der Waals surface area (Å²) in [4.78, 5) is 10.0. The van der Waals surface area contributed by atoms with Crippen LogP contribution in [0, 0.1) is 29.1 Å². The molecule has 11 heavy (non-hydrogen) atoms. The molecule has 0 aromatic carbocycles. The first-order chi connectivity index (χ1) is 5.42. The maximum atomic E-state index is 8.71. The Labute approximate surface area is 64.1 Å². The molecule has 1 saturated heterocycles. The van der Waals surface area contributed by atoms with Crippen molar-refractivity contribution in [1.82, 2.24) is 0 Å².